The molecule has 1 fully saturated rings. The van der Waals surface area contributed by atoms with Crippen LogP contribution in [0.5, 0.6) is 5.75 Å². The quantitative estimate of drug-likeness (QED) is 0.102. The molecule has 4 rings (SSSR count). The number of β-lactam (4-membered cyclic amide) rings is 1. The summed E-state index contributed by atoms with van der Waals surface area (Å²) in [6, 6.07) is 6.47. The molecule has 2 aromatic rings. The zero-order valence-corrected chi connectivity index (χ0v) is 29.8. The Morgan fingerprint density at radius 1 is 1.02 bits per heavy atom. The number of amides is 1. The first kappa shape index (κ1) is 39.1. The number of halogens is 3. The number of hydrogen-bond donors (Lipinski definition) is 1. The van der Waals surface area contributed by atoms with Crippen molar-refractivity contribution in [3.63, 3.8) is 0 Å². The highest BCUT2D eigenvalue weighted by Crippen LogP contribution is 2.46. The zero-order valence-electron chi connectivity index (χ0n) is 28.2. The average molecular weight is 758 g/mol. The predicted octanol–water partition coefficient (Wildman–Crippen LogP) is 3.56. The predicted molar refractivity (Wildman–Crippen MR) is 175 cm³/mol. The topological polar surface area (TPSA) is 199 Å². The van der Waals surface area contributed by atoms with Gasteiger partial charge in [-0.1, -0.05) is 17.3 Å². The number of esters is 3. The van der Waals surface area contributed by atoms with Gasteiger partial charge < -0.3 is 29.5 Å². The Morgan fingerprint density at radius 3 is 2.25 bits per heavy atom. The molecule has 0 spiro atoms. The number of ketones is 1. The summed E-state index contributed by atoms with van der Waals surface area (Å²) in [6.07, 6.45) is -5.78. The van der Waals surface area contributed by atoms with Crippen LogP contribution < -0.4 is 10.5 Å². The van der Waals surface area contributed by atoms with Gasteiger partial charge in [0.1, 0.15) is 30.3 Å². The van der Waals surface area contributed by atoms with Gasteiger partial charge in [0.2, 0.25) is 17.3 Å². The van der Waals surface area contributed by atoms with E-state index in [1.807, 2.05) is 0 Å². The molecule has 1 saturated heterocycles. The normalized spacial score (nSPS) is 18.0. The summed E-state index contributed by atoms with van der Waals surface area (Å²) in [5, 5.41) is 3.03. The third-order valence-electron chi connectivity index (χ3n) is 7.07. The van der Waals surface area contributed by atoms with Gasteiger partial charge in [-0.15, -0.1) is 11.8 Å². The number of anilines is 1. The first-order chi connectivity index (χ1) is 23.7. The van der Waals surface area contributed by atoms with E-state index >= 15 is 0 Å². The van der Waals surface area contributed by atoms with Crippen LogP contribution in [0.4, 0.5) is 18.3 Å². The molecular weight excluding hydrogens is 723 g/mol. The van der Waals surface area contributed by atoms with Crippen molar-refractivity contribution in [3.8, 4) is 5.75 Å². The van der Waals surface area contributed by atoms with E-state index < -0.39 is 82.7 Å². The van der Waals surface area contributed by atoms with Crippen LogP contribution in [0.1, 0.15) is 52.4 Å². The standard InChI is InChI=1S/C31H34F3N5O10S2/c1-29(2,3)48-26(43)30(4,5)49-37-20(22-36-28(35)51-38-22)19(40)11-18-23(41)39-21(25(42)46-12-15-7-9-17(45-6)10-8-15)16(14-50-24(18)39)13-47-27(44)31(32,33)34/h7-10,18,24H,11-14H2,1-6H3,(H2,35,36,38)/b37-20+/t18-,24?/m1/s1. The summed E-state index contributed by atoms with van der Waals surface area (Å²) in [7, 11) is 1.47. The summed E-state index contributed by atoms with van der Waals surface area (Å²) in [6.45, 7) is 6.48. The number of rotatable bonds is 13. The van der Waals surface area contributed by atoms with Gasteiger partial charge in [0.25, 0.3) is 0 Å². The lowest BCUT2D eigenvalue weighted by Gasteiger charge is -2.49. The molecule has 1 unspecified atom stereocenters. The second kappa shape index (κ2) is 15.3. The number of oxime groups is 1. The van der Waals surface area contributed by atoms with E-state index in [4.69, 9.17) is 24.8 Å². The maximum atomic E-state index is 13.6. The molecule has 51 heavy (non-hydrogen) atoms. The number of benzene rings is 1. The molecule has 1 aromatic heterocycles. The van der Waals surface area contributed by atoms with Gasteiger partial charge in [-0.2, -0.15) is 22.5 Å². The van der Waals surface area contributed by atoms with Crippen LogP contribution in [0.15, 0.2) is 40.7 Å². The maximum Gasteiger partial charge on any atom is 0.490 e. The van der Waals surface area contributed by atoms with Gasteiger partial charge in [0.05, 0.1) is 18.4 Å². The highest BCUT2D eigenvalue weighted by molar-refractivity contribution is 8.00. The molecule has 276 valence electrons. The highest BCUT2D eigenvalue weighted by atomic mass is 32.2. The number of hydrogen-bond acceptors (Lipinski definition) is 16. The number of ether oxygens (including phenoxy) is 4. The van der Waals surface area contributed by atoms with Crippen LogP contribution in [0.2, 0.25) is 0 Å². The van der Waals surface area contributed by atoms with Crippen molar-refractivity contribution >= 4 is 63.7 Å². The monoisotopic (exact) mass is 757 g/mol. The molecule has 1 aromatic carbocycles. The van der Waals surface area contributed by atoms with Crippen LogP contribution in [0.25, 0.3) is 0 Å². The Kier molecular flexibility index (Phi) is 11.7. The number of carbonyl (C=O) groups is 5. The molecule has 3 heterocycles. The van der Waals surface area contributed by atoms with E-state index in [1.165, 1.54) is 21.0 Å². The molecule has 2 aliphatic rings. The fraction of sp³-hybridized carbons (Fsp3) is 0.484. The minimum atomic E-state index is -5.29. The molecule has 0 radical (unpaired) electrons. The number of nitrogens with two attached hydrogens (primary N) is 1. The summed E-state index contributed by atoms with van der Waals surface area (Å²) in [4.78, 5) is 75.2. The maximum absolute atomic E-state index is 13.6. The van der Waals surface area contributed by atoms with Crippen LogP contribution >= 0.6 is 23.3 Å². The molecular formula is C31H34F3N5O10S2. The van der Waals surface area contributed by atoms with Crippen molar-refractivity contribution in [1.82, 2.24) is 14.3 Å². The zero-order chi connectivity index (χ0) is 37.9. The molecule has 15 nitrogen and oxygen atoms in total. The number of aromatic nitrogens is 2. The van der Waals surface area contributed by atoms with Gasteiger partial charge in [-0.25, -0.2) is 14.4 Å². The summed E-state index contributed by atoms with van der Waals surface area (Å²) < 4.78 is 62.9. The van der Waals surface area contributed by atoms with E-state index in [1.54, 1.807) is 45.0 Å². The first-order valence-electron chi connectivity index (χ1n) is 15.0. The molecule has 0 bridgehead atoms. The molecule has 2 N–H and O–H groups in total. The number of methoxy groups -OCH3 is 1. The number of thioether (sulfide) groups is 1. The second-order valence-electron chi connectivity index (χ2n) is 12.6. The Balaban J connectivity index is 1.56. The van der Waals surface area contributed by atoms with Crippen molar-refractivity contribution in [1.29, 1.82) is 0 Å². The van der Waals surface area contributed by atoms with Crippen molar-refractivity contribution in [2.75, 3.05) is 25.2 Å². The number of fused-ring (bicyclic) bond motifs is 1. The van der Waals surface area contributed by atoms with E-state index in [2.05, 4.69) is 19.3 Å². The number of nitrogens with zero attached hydrogens (tertiary/aromatic N) is 4. The average Bonchev–Trinajstić information content (AvgIpc) is 3.48. The minimum absolute atomic E-state index is 0.00711. The van der Waals surface area contributed by atoms with Crippen molar-refractivity contribution < 1.29 is 60.9 Å². The van der Waals surface area contributed by atoms with Crippen molar-refractivity contribution in [2.24, 2.45) is 11.1 Å². The Labute approximate surface area is 297 Å². The lowest BCUT2D eigenvalue weighted by molar-refractivity contribution is -0.198. The minimum Gasteiger partial charge on any atom is -0.497 e. The molecule has 0 saturated carbocycles. The number of Topliss-reactive ketones (excluding diaryl/α,β-unsaturated/α-hetero) is 1. The van der Waals surface area contributed by atoms with Crippen LogP contribution in [-0.2, 0) is 49.6 Å². The van der Waals surface area contributed by atoms with Gasteiger partial charge >= 0.3 is 24.1 Å². The molecule has 2 atom stereocenters. The molecule has 20 heteroatoms. The third-order valence-corrected chi connectivity index (χ3v) is 9.01. The second-order valence-corrected chi connectivity index (χ2v) is 14.5. The lowest BCUT2D eigenvalue weighted by Crippen LogP contribution is -2.62. The largest absolute Gasteiger partial charge is 0.497 e. The molecule has 0 aliphatic carbocycles. The van der Waals surface area contributed by atoms with Crippen LogP contribution in [-0.4, -0.2) is 91.8 Å². The lowest BCUT2D eigenvalue weighted by atomic mass is 9.89. The Morgan fingerprint density at radius 2 is 1.69 bits per heavy atom. The first-order valence-corrected chi connectivity index (χ1v) is 16.9. The summed E-state index contributed by atoms with van der Waals surface area (Å²) in [5.41, 5.74) is 2.78. The number of nitrogen functional groups attached to an aromatic ring is 1. The van der Waals surface area contributed by atoms with Gasteiger partial charge in [-0.05, 0) is 52.3 Å². The van der Waals surface area contributed by atoms with E-state index in [0.29, 0.717) is 11.3 Å². The van der Waals surface area contributed by atoms with E-state index in [-0.39, 0.29) is 28.9 Å². The number of carbonyl (C=O) groups excluding carboxylic acids is 5. The highest BCUT2D eigenvalue weighted by Gasteiger charge is 2.55. The van der Waals surface area contributed by atoms with E-state index in [9.17, 15) is 37.1 Å². The number of alkyl halides is 3. The van der Waals surface area contributed by atoms with E-state index in [0.717, 1.165) is 28.2 Å². The summed E-state index contributed by atoms with van der Waals surface area (Å²) >= 11 is 1.79. The van der Waals surface area contributed by atoms with Gasteiger partial charge in [0, 0.05) is 29.3 Å². The fourth-order valence-electron chi connectivity index (χ4n) is 4.53. The van der Waals surface area contributed by atoms with Crippen LogP contribution in [0.3, 0.4) is 0 Å². The van der Waals surface area contributed by atoms with Crippen molar-refractivity contribution in [2.45, 2.75) is 70.4 Å². The van der Waals surface area contributed by atoms with Crippen LogP contribution in [0, 0.1) is 5.92 Å². The van der Waals surface area contributed by atoms with Gasteiger partial charge in [0.15, 0.2) is 16.6 Å². The summed E-state index contributed by atoms with van der Waals surface area (Å²) in [5.74, 6) is -6.71. The fourth-order valence-corrected chi connectivity index (χ4v) is 6.36. The van der Waals surface area contributed by atoms with Crippen molar-refractivity contribution in [3.05, 3.63) is 46.9 Å². The molecule has 1 amide bonds. The Bertz CT molecular complexity index is 1750. The van der Waals surface area contributed by atoms with Gasteiger partial charge in [-0.3, -0.25) is 14.5 Å². The molecule has 2 aliphatic heterocycles. The third kappa shape index (κ3) is 9.54. The smallest absolute Gasteiger partial charge is 0.490 e. The Hall–Kier alpha value is -4.72. The SMILES string of the molecule is COc1ccc(COC(=O)C2=C(COC(=O)C(F)(F)F)CSC3[C@H](CC(=O)/C(=N\OC(C)(C)C(=O)OC(C)(C)C)c4nsc(N)n4)C(=O)N23)cc1.